The third kappa shape index (κ3) is 2.77. The zero-order valence-corrected chi connectivity index (χ0v) is 14.7. The van der Waals surface area contributed by atoms with Crippen LogP contribution in [-0.2, 0) is 4.74 Å². The summed E-state index contributed by atoms with van der Waals surface area (Å²) in [7, 11) is 1.33. The molecule has 25 heavy (non-hydrogen) atoms. The molecule has 5 nitrogen and oxygen atoms in total. The molecular formula is C18H12N2O3S2. The number of thiazole rings is 1. The monoisotopic (exact) mass is 368 g/mol. The predicted octanol–water partition coefficient (Wildman–Crippen LogP) is 4.55. The maximum atomic E-state index is 12.7. The molecule has 0 atom stereocenters. The summed E-state index contributed by atoms with van der Waals surface area (Å²) in [5.41, 5.74) is 1.25. The maximum absolute atomic E-state index is 12.7. The second kappa shape index (κ2) is 6.27. The average Bonchev–Trinajstić information content (AvgIpc) is 3.23. The van der Waals surface area contributed by atoms with Gasteiger partial charge in [0.2, 0.25) is 0 Å². The topological polar surface area (TPSA) is 68.3 Å². The fourth-order valence-electron chi connectivity index (χ4n) is 2.54. The number of thiophene rings is 1. The number of para-hydroxylation sites is 1. The van der Waals surface area contributed by atoms with Gasteiger partial charge in [-0.3, -0.25) is 4.79 Å². The first kappa shape index (κ1) is 15.7. The van der Waals surface area contributed by atoms with Crippen LogP contribution in [0.4, 0.5) is 5.69 Å². The smallest absolute Gasteiger partial charge is 0.350 e. The Balaban J connectivity index is 1.76. The van der Waals surface area contributed by atoms with Gasteiger partial charge < -0.3 is 10.1 Å². The first-order valence-electron chi connectivity index (χ1n) is 7.44. The van der Waals surface area contributed by atoms with Crippen LogP contribution in [0.15, 0.2) is 48.5 Å². The third-order valence-corrected chi connectivity index (χ3v) is 5.88. The number of nitrogens with one attached hydrogen (secondary N) is 1. The molecule has 0 bridgehead atoms. The van der Waals surface area contributed by atoms with E-state index in [2.05, 4.69) is 10.3 Å². The van der Waals surface area contributed by atoms with E-state index in [4.69, 9.17) is 4.74 Å². The molecular weight excluding hydrogens is 356 g/mol. The summed E-state index contributed by atoms with van der Waals surface area (Å²) in [6, 6.07) is 15.1. The highest BCUT2D eigenvalue weighted by Crippen LogP contribution is 2.36. The van der Waals surface area contributed by atoms with Crippen LogP contribution >= 0.6 is 22.7 Å². The molecule has 0 unspecified atom stereocenters. The molecule has 2 aromatic heterocycles. The van der Waals surface area contributed by atoms with Crippen molar-refractivity contribution in [1.82, 2.24) is 4.98 Å². The summed E-state index contributed by atoms with van der Waals surface area (Å²) >= 11 is 2.61. The molecule has 4 aromatic rings. The second-order valence-electron chi connectivity index (χ2n) is 5.23. The molecule has 0 saturated heterocycles. The second-order valence-corrected chi connectivity index (χ2v) is 7.32. The quantitative estimate of drug-likeness (QED) is 0.539. The fourth-order valence-corrected chi connectivity index (χ4v) is 4.48. The van der Waals surface area contributed by atoms with Gasteiger partial charge in [-0.15, -0.1) is 22.7 Å². The minimum atomic E-state index is -0.471. The molecule has 1 amide bonds. The lowest BCUT2D eigenvalue weighted by atomic mass is 10.2. The number of benzene rings is 2. The Morgan fingerprint density at radius 3 is 2.48 bits per heavy atom. The number of amides is 1. The summed E-state index contributed by atoms with van der Waals surface area (Å²) in [6.07, 6.45) is 0. The summed E-state index contributed by atoms with van der Waals surface area (Å²) in [5.74, 6) is -0.810. The van der Waals surface area contributed by atoms with Crippen molar-refractivity contribution in [2.75, 3.05) is 12.4 Å². The lowest BCUT2D eigenvalue weighted by Crippen LogP contribution is -2.13. The molecule has 0 saturated carbocycles. The van der Waals surface area contributed by atoms with Gasteiger partial charge in [-0.05, 0) is 18.2 Å². The number of nitrogens with zero attached hydrogens (tertiary/aromatic N) is 1. The number of esters is 1. The normalized spacial score (nSPS) is 10.9. The average molecular weight is 368 g/mol. The van der Waals surface area contributed by atoms with E-state index in [1.807, 2.05) is 48.5 Å². The minimum absolute atomic E-state index is 0.338. The van der Waals surface area contributed by atoms with Gasteiger partial charge in [0, 0.05) is 10.1 Å². The van der Waals surface area contributed by atoms with Crippen LogP contribution in [0, 0.1) is 0 Å². The third-order valence-electron chi connectivity index (χ3n) is 3.69. The Labute approximate surface area is 150 Å². The first-order chi connectivity index (χ1) is 12.2. The molecule has 2 heterocycles. The number of fused-ring (bicyclic) bond motifs is 2. The molecule has 4 rings (SSSR count). The zero-order valence-electron chi connectivity index (χ0n) is 13.1. The number of hydrogen-bond acceptors (Lipinski definition) is 6. The van der Waals surface area contributed by atoms with E-state index in [0.717, 1.165) is 20.3 Å². The van der Waals surface area contributed by atoms with Crippen molar-refractivity contribution >= 4 is 60.5 Å². The van der Waals surface area contributed by atoms with Crippen LogP contribution in [0.1, 0.15) is 19.5 Å². The first-order valence-corrected chi connectivity index (χ1v) is 9.07. The summed E-state index contributed by atoms with van der Waals surface area (Å²) in [4.78, 5) is 29.5. The predicted molar refractivity (Wildman–Crippen MR) is 101 cm³/mol. The van der Waals surface area contributed by atoms with Crippen molar-refractivity contribution in [2.45, 2.75) is 0 Å². The van der Waals surface area contributed by atoms with Crippen LogP contribution in [0.25, 0.3) is 20.3 Å². The van der Waals surface area contributed by atoms with E-state index in [1.165, 1.54) is 29.8 Å². The van der Waals surface area contributed by atoms with E-state index in [0.29, 0.717) is 15.6 Å². The van der Waals surface area contributed by atoms with Crippen molar-refractivity contribution in [2.24, 2.45) is 0 Å². The number of hydrogen-bond donors (Lipinski definition) is 1. The lowest BCUT2D eigenvalue weighted by Gasteiger charge is -2.04. The van der Waals surface area contributed by atoms with Crippen molar-refractivity contribution in [1.29, 1.82) is 0 Å². The van der Waals surface area contributed by atoms with Gasteiger partial charge in [0.05, 0.1) is 23.0 Å². The molecule has 0 aliphatic heterocycles. The lowest BCUT2D eigenvalue weighted by molar-refractivity contribution is 0.0607. The molecule has 124 valence electrons. The van der Waals surface area contributed by atoms with Crippen LogP contribution in [-0.4, -0.2) is 24.0 Å². The van der Waals surface area contributed by atoms with Gasteiger partial charge in [-0.1, -0.05) is 30.3 Å². The largest absolute Gasteiger partial charge is 0.465 e. The van der Waals surface area contributed by atoms with Gasteiger partial charge in [0.1, 0.15) is 4.88 Å². The van der Waals surface area contributed by atoms with Gasteiger partial charge in [0.25, 0.3) is 5.91 Å². The number of ether oxygens (including phenoxy) is 1. The Kier molecular flexibility index (Phi) is 3.95. The summed E-state index contributed by atoms with van der Waals surface area (Å²) in [6.45, 7) is 0. The van der Waals surface area contributed by atoms with Crippen LogP contribution < -0.4 is 5.32 Å². The molecule has 0 aliphatic rings. The van der Waals surface area contributed by atoms with E-state index in [1.54, 1.807) is 0 Å². The van der Waals surface area contributed by atoms with E-state index in [9.17, 15) is 9.59 Å². The van der Waals surface area contributed by atoms with Gasteiger partial charge in [-0.25, -0.2) is 9.78 Å². The highest BCUT2D eigenvalue weighted by Gasteiger charge is 2.22. The molecule has 2 aromatic carbocycles. The Hall–Kier alpha value is -2.77. The molecule has 1 N–H and O–H groups in total. The van der Waals surface area contributed by atoms with Gasteiger partial charge in [0.15, 0.2) is 5.01 Å². The number of rotatable bonds is 3. The fraction of sp³-hybridized carbons (Fsp3) is 0.0556. The summed E-state index contributed by atoms with van der Waals surface area (Å²) < 4.78 is 6.69. The number of methoxy groups -OCH3 is 1. The van der Waals surface area contributed by atoms with Crippen molar-refractivity contribution in [3.63, 3.8) is 0 Å². The van der Waals surface area contributed by atoms with E-state index >= 15 is 0 Å². The Morgan fingerprint density at radius 1 is 1.00 bits per heavy atom. The Bertz CT molecular complexity index is 1080. The molecule has 7 heteroatoms. The van der Waals surface area contributed by atoms with Crippen LogP contribution in [0.3, 0.4) is 0 Å². The van der Waals surface area contributed by atoms with E-state index in [-0.39, 0.29) is 5.91 Å². The van der Waals surface area contributed by atoms with Crippen LogP contribution in [0.2, 0.25) is 0 Å². The zero-order chi connectivity index (χ0) is 17.4. The van der Waals surface area contributed by atoms with Crippen LogP contribution in [0.5, 0.6) is 0 Å². The molecule has 0 spiro atoms. The minimum Gasteiger partial charge on any atom is -0.465 e. The number of anilines is 1. The number of carbonyl (C=O) groups is 2. The highest BCUT2D eigenvalue weighted by molar-refractivity contribution is 7.21. The molecule has 0 radical (unpaired) electrons. The van der Waals surface area contributed by atoms with Crippen molar-refractivity contribution < 1.29 is 14.3 Å². The SMILES string of the molecule is COC(=O)c1sc2ccccc2c1NC(=O)c1nc2ccccc2s1. The molecule has 0 fully saturated rings. The van der Waals surface area contributed by atoms with E-state index < -0.39 is 5.97 Å². The maximum Gasteiger partial charge on any atom is 0.350 e. The van der Waals surface area contributed by atoms with Gasteiger partial charge >= 0.3 is 5.97 Å². The molecule has 0 aliphatic carbocycles. The van der Waals surface area contributed by atoms with Crippen molar-refractivity contribution in [3.05, 3.63) is 58.4 Å². The summed E-state index contributed by atoms with van der Waals surface area (Å²) in [5, 5.41) is 4.01. The highest BCUT2D eigenvalue weighted by atomic mass is 32.1. The number of carbonyl (C=O) groups excluding carboxylic acids is 2. The number of aromatic nitrogens is 1. The van der Waals surface area contributed by atoms with Crippen molar-refractivity contribution in [3.8, 4) is 0 Å². The van der Waals surface area contributed by atoms with Gasteiger partial charge in [-0.2, -0.15) is 0 Å². The standard InChI is InChI=1S/C18H12N2O3S2/c1-23-18(22)15-14(10-6-2-4-8-12(10)24-15)20-16(21)17-19-11-7-3-5-9-13(11)25-17/h2-9H,1H3,(H,20,21). The Morgan fingerprint density at radius 2 is 1.72 bits per heavy atom.